The van der Waals surface area contributed by atoms with Gasteiger partial charge in [0.25, 0.3) is 5.91 Å². The average molecular weight is 291 g/mol. The van der Waals surface area contributed by atoms with Crippen molar-refractivity contribution in [2.75, 3.05) is 33.0 Å². The van der Waals surface area contributed by atoms with Crippen molar-refractivity contribution in [3.63, 3.8) is 0 Å². The van der Waals surface area contributed by atoms with Crippen molar-refractivity contribution in [3.05, 3.63) is 23.8 Å². The minimum atomic E-state index is -0.111. The highest BCUT2D eigenvalue weighted by Gasteiger charge is 2.19. The Labute approximate surface area is 126 Å². The molecule has 0 aromatic heterocycles. The third kappa shape index (κ3) is 4.36. The van der Waals surface area contributed by atoms with Crippen LogP contribution in [0.1, 0.15) is 36.0 Å². The smallest absolute Gasteiger partial charge is 0.251 e. The first-order valence-corrected chi connectivity index (χ1v) is 7.53. The van der Waals surface area contributed by atoms with E-state index in [1.54, 1.807) is 25.3 Å². The maximum absolute atomic E-state index is 12.1. The van der Waals surface area contributed by atoms with Crippen LogP contribution in [-0.2, 0) is 0 Å². The van der Waals surface area contributed by atoms with Crippen LogP contribution in [0.2, 0.25) is 0 Å². The molecule has 1 aliphatic carbocycles. The molecule has 0 radical (unpaired) electrons. The molecule has 1 aliphatic rings. The Balaban J connectivity index is 1.82. The van der Waals surface area contributed by atoms with Gasteiger partial charge in [0.05, 0.1) is 7.11 Å². The monoisotopic (exact) mass is 291 g/mol. The second-order valence-electron chi connectivity index (χ2n) is 5.67. The van der Waals surface area contributed by atoms with Crippen LogP contribution in [0, 0.1) is 0 Å². The summed E-state index contributed by atoms with van der Waals surface area (Å²) >= 11 is 0. The van der Waals surface area contributed by atoms with Crippen LogP contribution in [0.5, 0.6) is 5.75 Å². The van der Waals surface area contributed by atoms with Crippen molar-refractivity contribution in [3.8, 4) is 5.75 Å². The number of anilines is 1. The van der Waals surface area contributed by atoms with Gasteiger partial charge in [-0.25, -0.2) is 0 Å². The first-order valence-electron chi connectivity index (χ1n) is 7.53. The minimum absolute atomic E-state index is 0.111. The number of hydrogen-bond donors (Lipinski definition) is 2. The van der Waals surface area contributed by atoms with E-state index in [9.17, 15) is 4.79 Å². The van der Waals surface area contributed by atoms with E-state index in [0.717, 1.165) is 6.54 Å². The van der Waals surface area contributed by atoms with E-state index in [4.69, 9.17) is 10.5 Å². The normalized spacial score (nSPS) is 15.4. The molecule has 0 atom stereocenters. The second-order valence-corrected chi connectivity index (χ2v) is 5.67. The average Bonchev–Trinajstić information content (AvgIpc) is 3.00. The van der Waals surface area contributed by atoms with E-state index >= 15 is 0 Å². The summed E-state index contributed by atoms with van der Waals surface area (Å²) in [5.41, 5.74) is 6.83. The quantitative estimate of drug-likeness (QED) is 0.785. The third-order valence-corrected chi connectivity index (χ3v) is 4.12. The molecule has 5 heteroatoms. The van der Waals surface area contributed by atoms with Crippen LogP contribution in [0.4, 0.5) is 5.69 Å². The van der Waals surface area contributed by atoms with Gasteiger partial charge in [-0.15, -0.1) is 0 Å². The Morgan fingerprint density at radius 2 is 2.10 bits per heavy atom. The molecule has 1 amide bonds. The van der Waals surface area contributed by atoms with Crippen molar-refractivity contribution in [2.45, 2.75) is 31.7 Å². The number of nitrogens with two attached hydrogens (primary N) is 1. The highest BCUT2D eigenvalue weighted by Crippen LogP contribution is 2.22. The zero-order valence-electron chi connectivity index (χ0n) is 12.9. The lowest BCUT2D eigenvalue weighted by atomic mass is 10.1. The summed E-state index contributed by atoms with van der Waals surface area (Å²) in [6, 6.07) is 5.74. The first-order chi connectivity index (χ1) is 10.1. The number of amides is 1. The molecule has 1 aromatic rings. The van der Waals surface area contributed by atoms with E-state index in [2.05, 4.69) is 17.3 Å². The Morgan fingerprint density at radius 3 is 2.76 bits per heavy atom. The second kappa shape index (κ2) is 7.31. The highest BCUT2D eigenvalue weighted by atomic mass is 16.5. The largest absolute Gasteiger partial charge is 0.497 e. The van der Waals surface area contributed by atoms with Gasteiger partial charge in [-0.2, -0.15) is 0 Å². The standard InChI is InChI=1S/C16H25N3O2/c1-19(14-5-3-4-6-14)8-7-18-16(20)12-9-13(17)11-15(10-12)21-2/h9-11,14H,3-8,17H2,1-2H3,(H,18,20). The molecule has 2 rings (SSSR count). The lowest BCUT2D eigenvalue weighted by molar-refractivity contribution is 0.0947. The summed E-state index contributed by atoms with van der Waals surface area (Å²) in [6.45, 7) is 1.51. The Kier molecular flexibility index (Phi) is 5.44. The van der Waals surface area contributed by atoms with Gasteiger partial charge in [0, 0.05) is 36.4 Å². The van der Waals surface area contributed by atoms with Gasteiger partial charge < -0.3 is 20.7 Å². The first kappa shape index (κ1) is 15.6. The van der Waals surface area contributed by atoms with Crippen molar-refractivity contribution in [2.24, 2.45) is 0 Å². The predicted molar refractivity (Wildman–Crippen MR) is 84.6 cm³/mol. The molecule has 0 aliphatic heterocycles. The molecule has 0 heterocycles. The number of nitrogens with zero attached hydrogens (tertiary/aromatic N) is 1. The molecule has 0 unspecified atom stereocenters. The van der Waals surface area contributed by atoms with Crippen LogP contribution >= 0.6 is 0 Å². The number of ether oxygens (including phenoxy) is 1. The van der Waals surface area contributed by atoms with Crippen molar-refractivity contribution in [1.82, 2.24) is 10.2 Å². The number of methoxy groups -OCH3 is 1. The summed E-state index contributed by atoms with van der Waals surface area (Å²) in [7, 11) is 3.69. The van der Waals surface area contributed by atoms with Gasteiger partial charge in [-0.05, 0) is 32.0 Å². The summed E-state index contributed by atoms with van der Waals surface area (Å²) in [6.07, 6.45) is 5.20. The molecule has 0 spiro atoms. The van der Waals surface area contributed by atoms with Crippen LogP contribution in [-0.4, -0.2) is 44.1 Å². The molecular weight excluding hydrogens is 266 g/mol. The topological polar surface area (TPSA) is 67.6 Å². The lowest BCUT2D eigenvalue weighted by Gasteiger charge is -2.23. The molecule has 21 heavy (non-hydrogen) atoms. The molecule has 116 valence electrons. The van der Waals surface area contributed by atoms with Gasteiger partial charge in [-0.3, -0.25) is 4.79 Å². The van der Waals surface area contributed by atoms with Crippen LogP contribution in [0.25, 0.3) is 0 Å². The Morgan fingerprint density at radius 1 is 1.38 bits per heavy atom. The summed E-state index contributed by atoms with van der Waals surface area (Å²) in [5.74, 6) is 0.489. The molecule has 5 nitrogen and oxygen atoms in total. The molecular formula is C16H25N3O2. The van der Waals surface area contributed by atoms with E-state index in [1.807, 2.05) is 0 Å². The van der Waals surface area contributed by atoms with E-state index in [0.29, 0.717) is 29.6 Å². The van der Waals surface area contributed by atoms with Crippen molar-refractivity contribution < 1.29 is 9.53 Å². The van der Waals surface area contributed by atoms with Gasteiger partial charge in [0.2, 0.25) is 0 Å². The summed E-state index contributed by atoms with van der Waals surface area (Å²) in [5, 5.41) is 2.94. The molecule has 1 saturated carbocycles. The van der Waals surface area contributed by atoms with E-state index < -0.39 is 0 Å². The fraction of sp³-hybridized carbons (Fsp3) is 0.562. The Hall–Kier alpha value is -1.75. The zero-order chi connectivity index (χ0) is 15.2. The predicted octanol–water partition coefficient (Wildman–Crippen LogP) is 1.88. The highest BCUT2D eigenvalue weighted by molar-refractivity contribution is 5.95. The number of nitrogens with one attached hydrogen (secondary N) is 1. The van der Waals surface area contributed by atoms with Crippen LogP contribution < -0.4 is 15.8 Å². The fourth-order valence-corrected chi connectivity index (χ4v) is 2.85. The van der Waals surface area contributed by atoms with Crippen molar-refractivity contribution in [1.29, 1.82) is 0 Å². The summed E-state index contributed by atoms with van der Waals surface area (Å²) < 4.78 is 5.13. The van der Waals surface area contributed by atoms with Gasteiger partial charge in [-0.1, -0.05) is 12.8 Å². The summed E-state index contributed by atoms with van der Waals surface area (Å²) in [4.78, 5) is 14.5. The number of nitrogen functional groups attached to an aromatic ring is 1. The number of rotatable bonds is 6. The molecule has 1 fully saturated rings. The van der Waals surface area contributed by atoms with Crippen molar-refractivity contribution >= 4 is 11.6 Å². The lowest BCUT2D eigenvalue weighted by Crippen LogP contribution is -2.37. The number of likely N-dealkylation sites (N-methyl/N-ethyl adjacent to an activating group) is 1. The number of carbonyl (C=O) groups excluding carboxylic acids is 1. The van der Waals surface area contributed by atoms with Crippen LogP contribution in [0.15, 0.2) is 18.2 Å². The fourth-order valence-electron chi connectivity index (χ4n) is 2.85. The van der Waals surface area contributed by atoms with E-state index in [-0.39, 0.29) is 5.91 Å². The number of carbonyl (C=O) groups is 1. The molecule has 0 bridgehead atoms. The van der Waals surface area contributed by atoms with E-state index in [1.165, 1.54) is 25.7 Å². The maximum Gasteiger partial charge on any atom is 0.251 e. The number of benzene rings is 1. The molecule has 0 saturated heterocycles. The Bertz CT molecular complexity index is 484. The maximum atomic E-state index is 12.1. The van der Waals surface area contributed by atoms with Gasteiger partial charge >= 0.3 is 0 Å². The zero-order valence-corrected chi connectivity index (χ0v) is 12.9. The van der Waals surface area contributed by atoms with Gasteiger partial charge in [0.15, 0.2) is 0 Å². The minimum Gasteiger partial charge on any atom is -0.497 e. The van der Waals surface area contributed by atoms with Crippen LogP contribution in [0.3, 0.4) is 0 Å². The molecule has 3 N–H and O–H groups in total. The SMILES string of the molecule is COc1cc(N)cc(C(=O)NCCN(C)C2CCCC2)c1. The third-order valence-electron chi connectivity index (χ3n) is 4.12. The number of hydrogen-bond acceptors (Lipinski definition) is 4. The van der Waals surface area contributed by atoms with Gasteiger partial charge in [0.1, 0.15) is 5.75 Å². The molecule has 1 aromatic carbocycles.